The van der Waals surface area contributed by atoms with Gasteiger partial charge in [0.25, 0.3) is 0 Å². The van der Waals surface area contributed by atoms with Gasteiger partial charge in [-0.25, -0.2) is 0 Å². The lowest BCUT2D eigenvalue weighted by molar-refractivity contribution is -0.122. The Balaban J connectivity index is 3.19. The molecule has 0 fully saturated rings. The van der Waals surface area contributed by atoms with Gasteiger partial charge in [0.1, 0.15) is 5.78 Å². The number of hydrogen-bond donors (Lipinski definition) is 1. The number of unbranched alkanes of at least 4 members (excludes halogenated alkanes) is 4. The van der Waals surface area contributed by atoms with Gasteiger partial charge in [-0.05, 0) is 12.8 Å². The van der Waals surface area contributed by atoms with Crippen molar-refractivity contribution in [3.63, 3.8) is 0 Å². The number of ketones is 1. The van der Waals surface area contributed by atoms with E-state index in [9.17, 15) is 9.59 Å². The third-order valence-electron chi connectivity index (χ3n) is 2.89. The highest BCUT2D eigenvalue weighted by atomic mass is 16.1. The molecule has 3 nitrogen and oxygen atoms in total. The first-order valence-electron chi connectivity index (χ1n) is 6.87. The first-order chi connectivity index (χ1) is 8.07. The second kappa shape index (κ2) is 10.3. The van der Waals surface area contributed by atoms with Crippen LogP contribution in [-0.4, -0.2) is 18.2 Å². The molecule has 0 aromatic heterocycles. The van der Waals surface area contributed by atoms with Crippen LogP contribution < -0.4 is 5.32 Å². The quantitative estimate of drug-likeness (QED) is 0.597. The van der Waals surface area contributed by atoms with Crippen LogP contribution in [-0.2, 0) is 9.59 Å². The number of carbonyl (C=O) groups is 2. The maximum absolute atomic E-state index is 11.3. The second-order valence-electron chi connectivity index (χ2n) is 4.84. The summed E-state index contributed by atoms with van der Waals surface area (Å²) in [5, 5.41) is 2.86. The van der Waals surface area contributed by atoms with Crippen LogP contribution in [0.2, 0.25) is 0 Å². The maximum Gasteiger partial charge on any atom is 0.219 e. The van der Waals surface area contributed by atoms with Crippen molar-refractivity contribution in [3.8, 4) is 0 Å². The van der Waals surface area contributed by atoms with Gasteiger partial charge < -0.3 is 5.32 Å². The number of hydrogen-bond acceptors (Lipinski definition) is 2. The number of carbonyl (C=O) groups excluding carboxylic acids is 2. The van der Waals surface area contributed by atoms with E-state index < -0.39 is 0 Å². The third kappa shape index (κ3) is 10.0. The molecule has 0 radical (unpaired) electrons. The minimum Gasteiger partial charge on any atom is -0.356 e. The molecular formula is C14H27NO2. The highest BCUT2D eigenvalue weighted by Crippen LogP contribution is 2.08. The first-order valence-corrected chi connectivity index (χ1v) is 6.87. The predicted molar refractivity (Wildman–Crippen MR) is 70.8 cm³/mol. The molecule has 0 aliphatic rings. The summed E-state index contributed by atoms with van der Waals surface area (Å²) in [4.78, 5) is 22.3. The van der Waals surface area contributed by atoms with Gasteiger partial charge in [-0.3, -0.25) is 9.59 Å². The number of nitrogens with one attached hydrogen (secondary N) is 1. The zero-order chi connectivity index (χ0) is 13.1. The fourth-order valence-corrected chi connectivity index (χ4v) is 1.60. The molecule has 0 atom stereocenters. The molecule has 0 saturated heterocycles. The van der Waals surface area contributed by atoms with Crippen LogP contribution in [0.25, 0.3) is 0 Å². The van der Waals surface area contributed by atoms with Crippen LogP contribution in [0, 0.1) is 5.92 Å². The van der Waals surface area contributed by atoms with Gasteiger partial charge in [-0.15, -0.1) is 0 Å². The molecule has 0 bridgehead atoms. The number of amides is 1. The zero-order valence-corrected chi connectivity index (χ0v) is 11.6. The minimum absolute atomic E-state index is 0.132. The summed E-state index contributed by atoms with van der Waals surface area (Å²) in [6.07, 6.45) is 6.77. The summed E-state index contributed by atoms with van der Waals surface area (Å²) in [5.74, 6) is 0.687. The fraction of sp³-hybridized carbons (Fsp3) is 0.857. The summed E-state index contributed by atoms with van der Waals surface area (Å²) in [6, 6.07) is 0. The summed E-state index contributed by atoms with van der Waals surface area (Å²) < 4.78 is 0. The van der Waals surface area contributed by atoms with Crippen molar-refractivity contribution >= 4 is 11.7 Å². The van der Waals surface area contributed by atoms with Crippen LogP contribution in [0.4, 0.5) is 0 Å². The van der Waals surface area contributed by atoms with Gasteiger partial charge in [-0.1, -0.05) is 40.0 Å². The summed E-state index contributed by atoms with van der Waals surface area (Å²) >= 11 is 0. The standard InChI is InChI=1S/C14H27NO2/c1-4-14(17)15-11-9-7-5-6-8-10-13(16)12(2)3/h12H,4-11H2,1-3H3,(H,15,17). The van der Waals surface area contributed by atoms with Crippen molar-refractivity contribution in [2.45, 2.75) is 65.7 Å². The molecule has 0 aromatic carbocycles. The molecule has 0 heterocycles. The van der Waals surface area contributed by atoms with Crippen LogP contribution in [0.3, 0.4) is 0 Å². The highest BCUT2D eigenvalue weighted by molar-refractivity contribution is 5.80. The lowest BCUT2D eigenvalue weighted by Gasteiger charge is -2.05. The van der Waals surface area contributed by atoms with Crippen LogP contribution in [0.1, 0.15) is 65.7 Å². The van der Waals surface area contributed by atoms with E-state index in [1.165, 1.54) is 0 Å². The number of rotatable bonds is 10. The Morgan fingerprint density at radius 1 is 1.00 bits per heavy atom. The van der Waals surface area contributed by atoms with Crippen molar-refractivity contribution in [2.75, 3.05) is 6.54 Å². The SMILES string of the molecule is CCC(=O)NCCCCCCCC(=O)C(C)C. The second-order valence-corrected chi connectivity index (χ2v) is 4.84. The van der Waals surface area contributed by atoms with E-state index in [2.05, 4.69) is 5.32 Å². The van der Waals surface area contributed by atoms with E-state index in [4.69, 9.17) is 0 Å². The van der Waals surface area contributed by atoms with Gasteiger partial charge in [0.2, 0.25) is 5.91 Å². The van der Waals surface area contributed by atoms with E-state index in [0.29, 0.717) is 12.2 Å². The monoisotopic (exact) mass is 241 g/mol. The lowest BCUT2D eigenvalue weighted by Crippen LogP contribution is -2.23. The summed E-state index contributed by atoms with van der Waals surface area (Å²) in [5.41, 5.74) is 0. The van der Waals surface area contributed by atoms with E-state index in [0.717, 1.165) is 45.1 Å². The van der Waals surface area contributed by atoms with Gasteiger partial charge >= 0.3 is 0 Å². The van der Waals surface area contributed by atoms with E-state index in [1.54, 1.807) is 0 Å². The minimum atomic E-state index is 0.132. The fourth-order valence-electron chi connectivity index (χ4n) is 1.60. The van der Waals surface area contributed by atoms with Crippen molar-refractivity contribution in [3.05, 3.63) is 0 Å². The molecule has 1 amide bonds. The largest absolute Gasteiger partial charge is 0.356 e. The molecular weight excluding hydrogens is 214 g/mol. The van der Waals surface area contributed by atoms with Crippen molar-refractivity contribution < 1.29 is 9.59 Å². The molecule has 0 aliphatic carbocycles. The maximum atomic E-state index is 11.3. The van der Waals surface area contributed by atoms with E-state index in [1.807, 2.05) is 20.8 Å². The molecule has 0 rings (SSSR count). The summed E-state index contributed by atoms with van der Waals surface area (Å²) in [6.45, 7) is 6.57. The molecule has 0 aliphatic heterocycles. The third-order valence-corrected chi connectivity index (χ3v) is 2.89. The van der Waals surface area contributed by atoms with Crippen molar-refractivity contribution in [1.82, 2.24) is 5.32 Å². The Hall–Kier alpha value is -0.860. The molecule has 0 unspecified atom stereocenters. The summed E-state index contributed by atoms with van der Waals surface area (Å²) in [7, 11) is 0. The molecule has 0 saturated carbocycles. The Morgan fingerprint density at radius 3 is 2.18 bits per heavy atom. The predicted octanol–water partition coefficient (Wildman–Crippen LogP) is 3.08. The topological polar surface area (TPSA) is 46.2 Å². The lowest BCUT2D eigenvalue weighted by atomic mass is 10.0. The van der Waals surface area contributed by atoms with Gasteiger partial charge in [0.05, 0.1) is 0 Å². The van der Waals surface area contributed by atoms with E-state index >= 15 is 0 Å². The number of Topliss-reactive ketones (excluding diaryl/α,β-unsaturated/α-hetero) is 1. The Morgan fingerprint density at radius 2 is 1.59 bits per heavy atom. The first kappa shape index (κ1) is 16.1. The van der Waals surface area contributed by atoms with Crippen molar-refractivity contribution in [2.24, 2.45) is 5.92 Å². The zero-order valence-electron chi connectivity index (χ0n) is 11.6. The molecule has 17 heavy (non-hydrogen) atoms. The molecule has 0 spiro atoms. The van der Waals surface area contributed by atoms with E-state index in [-0.39, 0.29) is 11.8 Å². The van der Waals surface area contributed by atoms with Gasteiger partial charge in [0.15, 0.2) is 0 Å². The van der Waals surface area contributed by atoms with Gasteiger partial charge in [-0.2, -0.15) is 0 Å². The molecule has 100 valence electrons. The molecule has 3 heteroatoms. The Labute approximate surface area is 105 Å². The van der Waals surface area contributed by atoms with Crippen molar-refractivity contribution in [1.29, 1.82) is 0 Å². The smallest absolute Gasteiger partial charge is 0.219 e. The highest BCUT2D eigenvalue weighted by Gasteiger charge is 2.05. The Kier molecular flexibility index (Phi) is 9.78. The Bertz CT molecular complexity index is 224. The van der Waals surface area contributed by atoms with Crippen LogP contribution in [0.5, 0.6) is 0 Å². The average molecular weight is 241 g/mol. The normalized spacial score (nSPS) is 10.6. The van der Waals surface area contributed by atoms with Crippen LogP contribution >= 0.6 is 0 Å². The van der Waals surface area contributed by atoms with Crippen LogP contribution in [0.15, 0.2) is 0 Å². The van der Waals surface area contributed by atoms with Gasteiger partial charge in [0, 0.05) is 25.3 Å². The average Bonchev–Trinajstić information content (AvgIpc) is 2.31. The molecule has 1 N–H and O–H groups in total. The molecule has 0 aromatic rings.